The van der Waals surface area contributed by atoms with Crippen LogP contribution in [-0.2, 0) is 6.42 Å². The molecule has 63 heavy (non-hydrogen) atoms. The van der Waals surface area contributed by atoms with Gasteiger partial charge < -0.3 is 0 Å². The van der Waals surface area contributed by atoms with Crippen LogP contribution in [-0.4, -0.2) is 17.3 Å². The number of aryl methyl sites for hydroxylation is 1. The van der Waals surface area contributed by atoms with Gasteiger partial charge in [0, 0.05) is 14.7 Å². The maximum Gasteiger partial charge on any atom is 0.0344 e. The molecular weight excluding hydrogens is 817 g/mol. The van der Waals surface area contributed by atoms with Crippen LogP contribution in [0.15, 0.2) is 26.8 Å². The van der Waals surface area contributed by atoms with Crippen molar-refractivity contribution in [3.63, 3.8) is 0 Å². The van der Waals surface area contributed by atoms with Gasteiger partial charge >= 0.3 is 0 Å². The summed E-state index contributed by atoms with van der Waals surface area (Å²) in [6.45, 7) is 9.32. The quantitative estimate of drug-likeness (QED) is 0.0472. The highest BCUT2D eigenvalue weighted by atomic mass is 32.2. The van der Waals surface area contributed by atoms with Crippen LogP contribution < -0.4 is 0 Å². The monoisotopic (exact) mass is 931 g/mol. The summed E-state index contributed by atoms with van der Waals surface area (Å²) in [7, 11) is 0. The van der Waals surface area contributed by atoms with Gasteiger partial charge in [0.25, 0.3) is 0 Å². The largest absolute Gasteiger partial charge is 0.125 e. The van der Waals surface area contributed by atoms with E-state index < -0.39 is 0 Å². The van der Waals surface area contributed by atoms with Crippen LogP contribution in [0, 0.1) is 0 Å². The number of benzene rings is 1. The van der Waals surface area contributed by atoms with Gasteiger partial charge in [-0.2, -0.15) is 0 Å². The molecular formula is C60H114S3. The summed E-state index contributed by atoms with van der Waals surface area (Å²) in [6, 6.07) is 5.23. The van der Waals surface area contributed by atoms with Gasteiger partial charge in [-0.15, -0.1) is 35.3 Å². The summed E-state index contributed by atoms with van der Waals surface area (Å²) in [6.07, 6.45) is 67.6. The van der Waals surface area contributed by atoms with E-state index >= 15 is 0 Å². The minimum atomic E-state index is 1.23. The molecule has 0 nitrogen and oxygen atoms in total. The summed E-state index contributed by atoms with van der Waals surface area (Å²) in [5, 5.41) is 0. The normalized spacial score (nSPS) is 11.7. The molecule has 0 N–H and O–H groups in total. The molecule has 0 unspecified atom stereocenters. The number of rotatable bonds is 53. The van der Waals surface area contributed by atoms with Gasteiger partial charge in [-0.1, -0.05) is 304 Å². The van der Waals surface area contributed by atoms with E-state index in [1.807, 2.05) is 0 Å². The Labute approximate surface area is 412 Å². The second kappa shape index (κ2) is 51.7. The highest BCUT2D eigenvalue weighted by Gasteiger charge is 2.14. The number of thioether (sulfide) groups is 3. The number of hydrogen-bond donors (Lipinski definition) is 0. The van der Waals surface area contributed by atoms with Crippen molar-refractivity contribution in [3.8, 4) is 0 Å². The molecule has 0 spiro atoms. The molecule has 0 aromatic heterocycles. The third-order valence-corrected chi connectivity index (χ3v) is 17.4. The fraction of sp³-hybridized carbons (Fsp3) is 0.900. The molecule has 0 radical (unpaired) electrons. The minimum Gasteiger partial charge on any atom is -0.125 e. The minimum absolute atomic E-state index is 1.23. The third kappa shape index (κ3) is 42.1. The molecule has 0 aliphatic carbocycles. The number of unbranched alkanes of at least 4 members (excludes halogenated alkanes) is 42. The van der Waals surface area contributed by atoms with E-state index in [0.29, 0.717) is 0 Å². The Balaban J connectivity index is 2.47. The lowest BCUT2D eigenvalue weighted by atomic mass is 10.0. The smallest absolute Gasteiger partial charge is 0.0344 e. The summed E-state index contributed by atoms with van der Waals surface area (Å²) in [4.78, 5) is 4.89. The zero-order chi connectivity index (χ0) is 45.2. The van der Waals surface area contributed by atoms with Gasteiger partial charge in [0.2, 0.25) is 0 Å². The molecule has 0 amide bonds. The molecule has 1 rings (SSSR count). The van der Waals surface area contributed by atoms with Crippen LogP contribution in [0.5, 0.6) is 0 Å². The van der Waals surface area contributed by atoms with Crippen LogP contribution in [0.4, 0.5) is 0 Å². The molecule has 0 atom stereocenters. The van der Waals surface area contributed by atoms with Gasteiger partial charge in [0.05, 0.1) is 0 Å². The zero-order valence-electron chi connectivity index (χ0n) is 43.7. The lowest BCUT2D eigenvalue weighted by Gasteiger charge is -2.17. The van der Waals surface area contributed by atoms with Gasteiger partial charge in [-0.05, 0) is 60.6 Å². The summed E-state index contributed by atoms with van der Waals surface area (Å²) in [5.41, 5.74) is 1.59. The summed E-state index contributed by atoms with van der Waals surface area (Å²) in [5.74, 6) is 3.89. The molecule has 0 heterocycles. The van der Waals surface area contributed by atoms with Crippen LogP contribution in [0.1, 0.15) is 329 Å². The van der Waals surface area contributed by atoms with Crippen LogP contribution in [0.25, 0.3) is 0 Å². The van der Waals surface area contributed by atoms with Gasteiger partial charge in [-0.3, -0.25) is 0 Å². The van der Waals surface area contributed by atoms with Crippen molar-refractivity contribution in [3.05, 3.63) is 17.7 Å². The number of hydrogen-bond acceptors (Lipinski definition) is 3. The van der Waals surface area contributed by atoms with Crippen molar-refractivity contribution in [2.45, 2.75) is 344 Å². The van der Waals surface area contributed by atoms with Crippen LogP contribution in [0.2, 0.25) is 0 Å². The first-order valence-electron chi connectivity index (χ1n) is 29.3. The van der Waals surface area contributed by atoms with E-state index in [2.05, 4.69) is 75.1 Å². The van der Waals surface area contributed by atoms with E-state index in [1.54, 1.807) is 20.2 Å². The Morgan fingerprint density at radius 1 is 0.238 bits per heavy atom. The van der Waals surface area contributed by atoms with Gasteiger partial charge in [-0.25, -0.2) is 0 Å². The first-order valence-corrected chi connectivity index (χ1v) is 32.3. The van der Waals surface area contributed by atoms with E-state index in [-0.39, 0.29) is 0 Å². The molecule has 3 heteroatoms. The average molecular weight is 932 g/mol. The summed E-state index contributed by atoms with van der Waals surface area (Å²) >= 11 is 6.63. The molecule has 1 aromatic rings. The van der Waals surface area contributed by atoms with E-state index in [4.69, 9.17) is 0 Å². The van der Waals surface area contributed by atoms with Crippen molar-refractivity contribution in [2.75, 3.05) is 17.3 Å². The van der Waals surface area contributed by atoms with E-state index in [9.17, 15) is 0 Å². The van der Waals surface area contributed by atoms with Crippen molar-refractivity contribution in [1.82, 2.24) is 0 Å². The average Bonchev–Trinajstić information content (AvgIpc) is 3.29. The first kappa shape index (κ1) is 61.3. The molecule has 0 fully saturated rings. The molecule has 0 saturated heterocycles. The molecule has 1 aromatic carbocycles. The highest BCUT2D eigenvalue weighted by Crippen LogP contribution is 2.41. The predicted octanol–water partition coefficient (Wildman–Crippen LogP) is 23.5. The Kier molecular flexibility index (Phi) is 50.3. The standard InChI is InChI=1S/C60H114S3/c1-5-9-12-15-18-21-24-27-30-33-36-39-42-45-48-52-61-58-55-57(51-8-4)56-59(62-53-49-46-43-40-37-34-31-28-25-22-19-16-13-10-6-2)60(58)63-54-50-47-44-41-38-35-32-29-26-23-20-17-14-11-7-3/h55-56H,5-54H2,1-4H3. The maximum absolute atomic E-state index is 2.62. The Bertz CT molecular complexity index is 964. The second-order valence-corrected chi connectivity index (χ2v) is 23.4. The lowest BCUT2D eigenvalue weighted by molar-refractivity contribution is 0.535. The Hall–Kier alpha value is 0.270. The fourth-order valence-electron chi connectivity index (χ4n) is 9.38. The second-order valence-electron chi connectivity index (χ2n) is 20.1. The first-order chi connectivity index (χ1) is 31.3. The van der Waals surface area contributed by atoms with Gasteiger partial charge in [0.1, 0.15) is 0 Å². The fourth-order valence-corrected chi connectivity index (χ4v) is 13.2. The van der Waals surface area contributed by atoms with Crippen LogP contribution in [0.3, 0.4) is 0 Å². The Morgan fingerprint density at radius 2 is 0.444 bits per heavy atom. The van der Waals surface area contributed by atoms with E-state index in [0.717, 1.165) is 0 Å². The van der Waals surface area contributed by atoms with Gasteiger partial charge in [0.15, 0.2) is 0 Å². The van der Waals surface area contributed by atoms with Crippen molar-refractivity contribution < 1.29 is 0 Å². The molecule has 0 bridgehead atoms. The molecule has 0 saturated carbocycles. The summed E-state index contributed by atoms with van der Waals surface area (Å²) < 4.78 is 0. The highest BCUT2D eigenvalue weighted by molar-refractivity contribution is 8.03. The molecule has 0 aliphatic rings. The van der Waals surface area contributed by atoms with Crippen LogP contribution >= 0.6 is 35.3 Å². The van der Waals surface area contributed by atoms with Crippen molar-refractivity contribution in [1.29, 1.82) is 0 Å². The van der Waals surface area contributed by atoms with Crippen molar-refractivity contribution in [2.24, 2.45) is 0 Å². The third-order valence-electron chi connectivity index (χ3n) is 13.6. The molecule has 0 aliphatic heterocycles. The van der Waals surface area contributed by atoms with E-state index in [1.165, 1.54) is 319 Å². The maximum atomic E-state index is 2.62. The zero-order valence-corrected chi connectivity index (χ0v) is 46.2. The van der Waals surface area contributed by atoms with Crippen molar-refractivity contribution >= 4 is 35.3 Å². The SMILES string of the molecule is CCCCCCCCCCCCCCCCCSc1cc(CCC)cc(SCCCCCCCCCCCCCCCCC)c1SCCCCCCCCCCCCCCCCC. The lowest BCUT2D eigenvalue weighted by Crippen LogP contribution is -1.94. The Morgan fingerprint density at radius 3 is 0.667 bits per heavy atom. The predicted molar refractivity (Wildman–Crippen MR) is 297 cm³/mol. The molecule has 372 valence electrons. The topological polar surface area (TPSA) is 0 Å².